The van der Waals surface area contributed by atoms with Gasteiger partial charge < -0.3 is 18.2 Å². The topological polar surface area (TPSA) is 42.7 Å². The van der Waals surface area contributed by atoms with Crippen LogP contribution in [0.25, 0.3) is 144 Å². The Bertz CT molecular complexity index is 6530. The maximum Gasteiger partial charge on any atom is 0.144 e. The summed E-state index contributed by atoms with van der Waals surface area (Å²) in [5.74, 6) is 0. The molecule has 0 spiro atoms. The molecule has 0 fully saturated rings. The number of unbranched alkanes of at least 4 members (excludes halogenated alkanes) is 8. The molecule has 0 saturated carbocycles. The fourth-order valence-corrected chi connectivity index (χ4v) is 21.8. The molecule has 3 aromatic heterocycles. The van der Waals surface area contributed by atoms with E-state index in [-0.39, 0.29) is 16.2 Å². The van der Waals surface area contributed by atoms with Crippen LogP contribution in [0.2, 0.25) is 0 Å². The van der Waals surface area contributed by atoms with Crippen molar-refractivity contribution in [1.29, 1.82) is 0 Å². The second-order valence-electron chi connectivity index (χ2n) is 34.8. The van der Waals surface area contributed by atoms with Crippen LogP contribution < -0.4 is 4.90 Å². The lowest BCUT2D eigenvalue weighted by Gasteiger charge is -2.33. The van der Waals surface area contributed by atoms with Crippen molar-refractivity contribution in [2.24, 2.45) is 0 Å². The largest absolute Gasteiger partial charge is 0.456 e. The smallest absolute Gasteiger partial charge is 0.144 e. The first-order valence-corrected chi connectivity index (χ1v) is 40.7. The van der Waals surface area contributed by atoms with Crippen LogP contribution in [-0.2, 0) is 27.1 Å². The summed E-state index contributed by atoms with van der Waals surface area (Å²) in [6.07, 6.45) is 15.4. The van der Waals surface area contributed by atoms with Crippen molar-refractivity contribution in [2.45, 2.75) is 173 Å². The Kier molecular flexibility index (Phi) is 14.6. The number of hydrogen-bond acceptors (Lipinski definition) is 4. The first kappa shape index (κ1) is 66.3. The van der Waals surface area contributed by atoms with Gasteiger partial charge in [-0.25, -0.2) is 0 Å². The zero-order chi connectivity index (χ0) is 73.8. The van der Waals surface area contributed by atoms with Gasteiger partial charge in [0, 0.05) is 93.6 Å². The Labute approximate surface area is 640 Å². The predicted molar refractivity (Wildman–Crippen MR) is 457 cm³/mol. The summed E-state index contributed by atoms with van der Waals surface area (Å²) >= 11 is 0. The number of rotatable bonds is 17. The van der Waals surface area contributed by atoms with Gasteiger partial charge in [-0.05, 0) is 214 Å². The monoisotopic (exact) mass is 1420 g/mol. The van der Waals surface area contributed by atoms with Gasteiger partial charge in [0.25, 0.3) is 0 Å². The fraction of sp³-hybridized carbons (Fsp3) is 0.257. The van der Waals surface area contributed by atoms with E-state index in [0.29, 0.717) is 0 Å². The molecule has 4 nitrogen and oxygen atoms in total. The second kappa shape index (κ2) is 24.0. The van der Waals surface area contributed by atoms with Crippen LogP contribution in [0, 0.1) is 0 Å². The molecule has 109 heavy (non-hydrogen) atoms. The van der Waals surface area contributed by atoms with Crippen molar-refractivity contribution in [3.05, 3.63) is 292 Å². The molecule has 4 heteroatoms. The standard InChI is InChI=1S/C105H93NO3/c1-11-13-15-17-29-53-105(54-30-18-16-14-12-2)81-37-25-19-31-68(81)71-48-42-63(56-86(71)105)62-41-47-69-70-49-43-64(57-83(70)101(3,4)82(69)55-62)79-61-87-92(94-77-34-22-27-39-89(77)108-99(79)94)75-51-45-65(58-84(75)102(87,5)6)106(67-44-50-73-72-32-21-26-38-88(72)107-91(73)60-67)66-46-52-76-85(59-66)104(9,10)98-96(76)100-95(78-35-23-28-40-90(78)109-100)93-74-33-20-24-36-80(74)103(7,8)97(93)98/h19-28,31-52,55-61H,11-18,29-30,53-54H2,1-10H3. The zero-order valence-electron chi connectivity index (χ0n) is 64.7. The predicted octanol–water partition coefficient (Wildman–Crippen LogP) is 30.4. The van der Waals surface area contributed by atoms with E-state index in [1.54, 1.807) is 11.1 Å². The number of furan rings is 3. The Hall–Kier alpha value is -10.9. The normalized spacial score (nSPS) is 15.7. The summed E-state index contributed by atoms with van der Waals surface area (Å²) in [4.78, 5) is 2.48. The van der Waals surface area contributed by atoms with Crippen LogP contribution in [0.4, 0.5) is 17.1 Å². The van der Waals surface area contributed by atoms with Crippen molar-refractivity contribution in [1.82, 2.24) is 0 Å². The van der Waals surface area contributed by atoms with Gasteiger partial charge in [-0.2, -0.15) is 0 Å². The maximum absolute atomic E-state index is 7.26. The minimum Gasteiger partial charge on any atom is -0.456 e. The number of anilines is 3. The van der Waals surface area contributed by atoms with Crippen LogP contribution in [0.5, 0.6) is 0 Å². The second-order valence-corrected chi connectivity index (χ2v) is 34.8. The van der Waals surface area contributed by atoms with Crippen molar-refractivity contribution < 1.29 is 13.3 Å². The Morgan fingerprint density at radius 3 is 1.34 bits per heavy atom. The van der Waals surface area contributed by atoms with Crippen LogP contribution in [0.15, 0.2) is 250 Å². The van der Waals surface area contributed by atoms with Gasteiger partial charge in [-0.3, -0.25) is 0 Å². The van der Waals surface area contributed by atoms with E-state index in [2.05, 4.69) is 311 Å². The van der Waals surface area contributed by atoms with Crippen molar-refractivity contribution >= 4 is 82.9 Å². The van der Waals surface area contributed by atoms with Gasteiger partial charge in [0.15, 0.2) is 0 Å². The molecule has 0 atom stereocenters. The van der Waals surface area contributed by atoms with Crippen molar-refractivity contribution in [3.63, 3.8) is 0 Å². The molecule has 536 valence electrons. The molecule has 0 aliphatic heterocycles. The Morgan fingerprint density at radius 2 is 0.688 bits per heavy atom. The first-order chi connectivity index (χ1) is 53.0. The van der Waals surface area contributed by atoms with E-state index in [4.69, 9.17) is 13.3 Å². The molecule has 16 aromatic rings. The quantitative estimate of drug-likeness (QED) is 0.0852. The maximum atomic E-state index is 7.26. The molecule has 0 unspecified atom stereocenters. The number of nitrogens with zero attached hydrogens (tertiary/aromatic N) is 1. The van der Waals surface area contributed by atoms with Crippen molar-refractivity contribution in [3.8, 4) is 77.9 Å². The minimum atomic E-state index is -0.424. The Morgan fingerprint density at radius 1 is 0.266 bits per heavy atom. The average Bonchev–Trinajstić information content (AvgIpc) is 1.50. The molecule has 0 saturated heterocycles. The summed E-state index contributed by atoms with van der Waals surface area (Å²) in [7, 11) is 0. The number of benzene rings is 13. The summed E-state index contributed by atoms with van der Waals surface area (Å²) < 4.78 is 21.2. The molecule has 3 heterocycles. The Balaban J connectivity index is 0.674. The van der Waals surface area contributed by atoms with E-state index < -0.39 is 10.8 Å². The molecular formula is C105H93NO3. The molecule has 0 amide bonds. The molecule has 0 bridgehead atoms. The first-order valence-electron chi connectivity index (χ1n) is 40.7. The van der Waals surface area contributed by atoms with E-state index in [0.717, 1.165) is 77.7 Å². The van der Waals surface area contributed by atoms with Crippen LogP contribution in [0.3, 0.4) is 0 Å². The van der Waals surface area contributed by atoms with Gasteiger partial charge in [0.1, 0.15) is 33.5 Å². The lowest BCUT2D eigenvalue weighted by Crippen LogP contribution is -2.25. The molecule has 21 rings (SSSR count). The van der Waals surface area contributed by atoms with E-state index >= 15 is 0 Å². The number of para-hydroxylation sites is 3. The lowest BCUT2D eigenvalue weighted by atomic mass is 9.70. The van der Waals surface area contributed by atoms with E-state index in [1.165, 1.54) is 205 Å². The highest BCUT2D eigenvalue weighted by molar-refractivity contribution is 6.22. The van der Waals surface area contributed by atoms with Gasteiger partial charge >= 0.3 is 0 Å². The average molecular weight is 1420 g/mol. The summed E-state index contributed by atoms with van der Waals surface area (Å²) in [6.45, 7) is 24.2. The number of fused-ring (bicyclic) bond motifs is 28. The lowest BCUT2D eigenvalue weighted by molar-refractivity contribution is 0.399. The third-order valence-corrected chi connectivity index (χ3v) is 27.3. The van der Waals surface area contributed by atoms with Gasteiger partial charge in [-0.1, -0.05) is 285 Å². The van der Waals surface area contributed by atoms with E-state index in [1.807, 2.05) is 0 Å². The highest BCUT2D eigenvalue weighted by Crippen LogP contribution is 2.65. The van der Waals surface area contributed by atoms with Crippen LogP contribution in [-0.4, -0.2) is 0 Å². The molecule has 0 radical (unpaired) electrons. The van der Waals surface area contributed by atoms with Crippen LogP contribution >= 0.6 is 0 Å². The molecule has 5 aliphatic rings. The fourth-order valence-electron chi connectivity index (χ4n) is 21.8. The highest BCUT2D eigenvalue weighted by Gasteiger charge is 2.50. The third-order valence-electron chi connectivity index (χ3n) is 27.3. The minimum absolute atomic E-state index is 0.0249. The molecule has 13 aromatic carbocycles. The van der Waals surface area contributed by atoms with Gasteiger partial charge in [-0.15, -0.1) is 0 Å². The SMILES string of the molecule is CCCCCCCC1(CCCCCCC)c2ccccc2-c2ccc(-c3ccc4c(c3)C(C)(C)c3cc(-c5cc6c(c7c5oc5ccccc57)-c5ccc(N(c7ccc8c(c7)C(C)(C)c7c9c(c%10c(oc%11ccccc%11%10)c7-8)-c7ccccc7C9(C)C)c7ccc8c(c7)oc7ccccc78)cc5C6(C)C)ccc3-4)cc21. The summed E-state index contributed by atoms with van der Waals surface area (Å²) in [5.41, 5.74) is 39.2. The highest BCUT2D eigenvalue weighted by atomic mass is 16.3. The van der Waals surface area contributed by atoms with Crippen molar-refractivity contribution in [2.75, 3.05) is 4.90 Å². The molecular weight excluding hydrogens is 1320 g/mol. The third kappa shape index (κ3) is 9.36. The number of hydrogen-bond donors (Lipinski definition) is 0. The molecule has 5 aliphatic carbocycles. The molecule has 0 N–H and O–H groups in total. The van der Waals surface area contributed by atoms with E-state index in [9.17, 15) is 0 Å². The zero-order valence-corrected chi connectivity index (χ0v) is 64.7. The van der Waals surface area contributed by atoms with Crippen LogP contribution in [0.1, 0.15) is 202 Å². The summed E-state index contributed by atoms with van der Waals surface area (Å²) in [5, 5.41) is 6.91. The van der Waals surface area contributed by atoms with Gasteiger partial charge in [0.05, 0.1) is 0 Å². The summed E-state index contributed by atoms with van der Waals surface area (Å²) in [6, 6.07) is 90.4. The van der Waals surface area contributed by atoms with Gasteiger partial charge in [0.2, 0.25) is 0 Å².